The highest BCUT2D eigenvalue weighted by molar-refractivity contribution is 9.10. The number of aryl methyl sites for hydroxylation is 1. The molecule has 2 heterocycles. The van der Waals surface area contributed by atoms with Crippen molar-refractivity contribution in [3.63, 3.8) is 0 Å². The summed E-state index contributed by atoms with van der Waals surface area (Å²) in [5.41, 5.74) is 3.31. The van der Waals surface area contributed by atoms with Crippen LogP contribution in [0.3, 0.4) is 0 Å². The molecule has 0 radical (unpaired) electrons. The average Bonchev–Trinajstić information content (AvgIpc) is 3.10. The van der Waals surface area contributed by atoms with Crippen molar-refractivity contribution >= 4 is 50.2 Å². The molecule has 1 amide bonds. The second-order valence-electron chi connectivity index (χ2n) is 4.46. The molecular formula is C15H11BrN2OS2. The van der Waals surface area contributed by atoms with Gasteiger partial charge in [-0.15, -0.1) is 11.3 Å². The Morgan fingerprint density at radius 3 is 2.86 bits per heavy atom. The molecule has 1 aromatic carbocycles. The molecule has 0 aliphatic heterocycles. The van der Waals surface area contributed by atoms with Crippen molar-refractivity contribution in [3.8, 4) is 10.6 Å². The second-order valence-corrected chi connectivity index (χ2v) is 7.02. The van der Waals surface area contributed by atoms with E-state index in [1.54, 1.807) is 16.7 Å². The fraction of sp³-hybridized carbons (Fsp3) is 0.0667. The largest absolute Gasteiger partial charge is 0.320 e. The summed E-state index contributed by atoms with van der Waals surface area (Å²) in [7, 11) is 0. The van der Waals surface area contributed by atoms with E-state index in [2.05, 4.69) is 26.2 Å². The molecule has 3 rings (SSSR count). The Labute approximate surface area is 138 Å². The summed E-state index contributed by atoms with van der Waals surface area (Å²) >= 11 is 6.51. The summed E-state index contributed by atoms with van der Waals surface area (Å²) < 4.78 is 0.992. The van der Waals surface area contributed by atoms with E-state index in [1.807, 2.05) is 41.9 Å². The number of anilines is 1. The molecule has 0 atom stereocenters. The van der Waals surface area contributed by atoms with Gasteiger partial charge in [-0.05, 0) is 42.1 Å². The minimum atomic E-state index is -0.182. The first kappa shape index (κ1) is 14.4. The molecule has 0 aliphatic carbocycles. The van der Waals surface area contributed by atoms with Crippen molar-refractivity contribution in [2.24, 2.45) is 0 Å². The van der Waals surface area contributed by atoms with E-state index in [4.69, 9.17) is 0 Å². The molecule has 21 heavy (non-hydrogen) atoms. The van der Waals surface area contributed by atoms with Gasteiger partial charge in [0, 0.05) is 26.5 Å². The lowest BCUT2D eigenvalue weighted by Gasteiger charge is -2.07. The number of rotatable bonds is 3. The van der Waals surface area contributed by atoms with Gasteiger partial charge in [0.25, 0.3) is 5.91 Å². The molecule has 0 spiro atoms. The quantitative estimate of drug-likeness (QED) is 0.680. The van der Waals surface area contributed by atoms with Gasteiger partial charge < -0.3 is 5.32 Å². The minimum Gasteiger partial charge on any atom is -0.320 e. The topological polar surface area (TPSA) is 42.0 Å². The van der Waals surface area contributed by atoms with E-state index < -0.39 is 0 Å². The number of thiazole rings is 1. The van der Waals surface area contributed by atoms with Gasteiger partial charge in [0.15, 0.2) is 0 Å². The number of nitrogens with one attached hydrogen (secondary N) is 1. The Morgan fingerprint density at radius 2 is 2.14 bits per heavy atom. The van der Waals surface area contributed by atoms with E-state index >= 15 is 0 Å². The van der Waals surface area contributed by atoms with Crippen LogP contribution in [0.2, 0.25) is 0 Å². The number of aromatic nitrogens is 1. The Kier molecular flexibility index (Phi) is 4.19. The lowest BCUT2D eigenvalue weighted by Crippen LogP contribution is -2.13. The van der Waals surface area contributed by atoms with Gasteiger partial charge in [0.05, 0.1) is 0 Å². The van der Waals surface area contributed by atoms with Crippen LogP contribution in [-0.4, -0.2) is 10.9 Å². The molecule has 106 valence electrons. The summed E-state index contributed by atoms with van der Waals surface area (Å²) in [6.45, 7) is 1.96. The number of halogens is 1. The third-order valence-corrected chi connectivity index (χ3v) is 5.01. The van der Waals surface area contributed by atoms with Gasteiger partial charge in [0.2, 0.25) is 0 Å². The van der Waals surface area contributed by atoms with E-state index in [1.165, 1.54) is 11.3 Å². The molecule has 0 unspecified atom stereocenters. The first-order valence-electron chi connectivity index (χ1n) is 6.19. The van der Waals surface area contributed by atoms with Crippen molar-refractivity contribution in [2.45, 2.75) is 6.92 Å². The van der Waals surface area contributed by atoms with E-state index in [0.29, 0.717) is 5.69 Å². The Bertz CT molecular complexity index is 781. The van der Waals surface area contributed by atoms with E-state index in [0.717, 1.165) is 26.3 Å². The van der Waals surface area contributed by atoms with Crippen LogP contribution in [0.15, 0.2) is 44.9 Å². The predicted molar refractivity (Wildman–Crippen MR) is 92.3 cm³/mol. The maximum atomic E-state index is 12.3. The van der Waals surface area contributed by atoms with Crippen LogP contribution in [0.4, 0.5) is 5.69 Å². The van der Waals surface area contributed by atoms with Gasteiger partial charge in [-0.1, -0.05) is 15.9 Å². The zero-order chi connectivity index (χ0) is 14.8. The number of nitrogens with zero attached hydrogens (tertiary/aromatic N) is 1. The minimum absolute atomic E-state index is 0.182. The van der Waals surface area contributed by atoms with Crippen LogP contribution < -0.4 is 5.32 Å². The zero-order valence-electron chi connectivity index (χ0n) is 11.1. The average molecular weight is 379 g/mol. The highest BCUT2D eigenvalue weighted by Crippen LogP contribution is 2.26. The molecule has 3 aromatic rings. The fourth-order valence-electron chi connectivity index (χ4n) is 1.85. The number of hydrogen-bond donors (Lipinski definition) is 1. The monoisotopic (exact) mass is 378 g/mol. The van der Waals surface area contributed by atoms with Crippen LogP contribution in [-0.2, 0) is 0 Å². The Morgan fingerprint density at radius 1 is 1.29 bits per heavy atom. The normalized spacial score (nSPS) is 10.6. The third-order valence-electron chi connectivity index (χ3n) is 2.94. The maximum absolute atomic E-state index is 12.3. The van der Waals surface area contributed by atoms with E-state index in [-0.39, 0.29) is 5.91 Å². The Hall–Kier alpha value is -1.50. The molecule has 0 bridgehead atoms. The van der Waals surface area contributed by atoms with Crippen LogP contribution in [0, 0.1) is 6.92 Å². The van der Waals surface area contributed by atoms with Crippen molar-refractivity contribution in [3.05, 3.63) is 56.1 Å². The zero-order valence-corrected chi connectivity index (χ0v) is 14.3. The number of amides is 1. The van der Waals surface area contributed by atoms with Gasteiger partial charge in [-0.2, -0.15) is 11.3 Å². The van der Waals surface area contributed by atoms with Crippen LogP contribution in [0.1, 0.15) is 16.1 Å². The van der Waals surface area contributed by atoms with Gasteiger partial charge >= 0.3 is 0 Å². The molecule has 3 nitrogen and oxygen atoms in total. The molecule has 2 aromatic heterocycles. The molecule has 0 saturated carbocycles. The van der Waals surface area contributed by atoms with Crippen LogP contribution >= 0.6 is 38.6 Å². The van der Waals surface area contributed by atoms with Crippen molar-refractivity contribution in [1.29, 1.82) is 0 Å². The number of hydrogen-bond acceptors (Lipinski definition) is 4. The highest BCUT2D eigenvalue weighted by atomic mass is 79.9. The third kappa shape index (κ3) is 3.23. The molecular weight excluding hydrogens is 368 g/mol. The predicted octanol–water partition coefficient (Wildman–Crippen LogP) is 5.19. The van der Waals surface area contributed by atoms with Crippen molar-refractivity contribution in [1.82, 2.24) is 4.98 Å². The molecule has 0 saturated heterocycles. The first-order chi connectivity index (χ1) is 10.1. The van der Waals surface area contributed by atoms with Gasteiger partial charge in [-0.3, -0.25) is 4.79 Å². The summed E-state index contributed by atoms with van der Waals surface area (Å²) in [5, 5.41) is 9.59. The fourth-order valence-corrected chi connectivity index (χ4v) is 3.84. The standard InChI is InChI=1S/C15H11BrN2OS2/c1-9-6-11(16)2-3-12(9)17-14(19)13-8-21-15(18-13)10-4-5-20-7-10/h2-8H,1H3,(H,17,19). The number of thiophene rings is 1. The van der Waals surface area contributed by atoms with Crippen LogP contribution in [0.5, 0.6) is 0 Å². The number of benzene rings is 1. The highest BCUT2D eigenvalue weighted by Gasteiger charge is 2.13. The van der Waals surface area contributed by atoms with Crippen molar-refractivity contribution in [2.75, 3.05) is 5.32 Å². The van der Waals surface area contributed by atoms with Gasteiger partial charge in [-0.25, -0.2) is 4.98 Å². The SMILES string of the molecule is Cc1cc(Br)ccc1NC(=O)c1csc(-c2ccsc2)n1. The lowest BCUT2D eigenvalue weighted by atomic mass is 10.2. The lowest BCUT2D eigenvalue weighted by molar-refractivity contribution is 0.102. The summed E-state index contributed by atoms with van der Waals surface area (Å²) in [5.74, 6) is -0.182. The van der Waals surface area contributed by atoms with E-state index in [9.17, 15) is 4.79 Å². The smallest absolute Gasteiger partial charge is 0.275 e. The van der Waals surface area contributed by atoms with Crippen LogP contribution in [0.25, 0.3) is 10.6 Å². The maximum Gasteiger partial charge on any atom is 0.275 e. The first-order valence-corrected chi connectivity index (χ1v) is 8.80. The second kappa shape index (κ2) is 6.09. The summed E-state index contributed by atoms with van der Waals surface area (Å²) in [6.07, 6.45) is 0. The van der Waals surface area contributed by atoms with Crippen molar-refractivity contribution < 1.29 is 4.79 Å². The Balaban J connectivity index is 1.79. The molecule has 0 aliphatic rings. The number of carbonyl (C=O) groups excluding carboxylic acids is 1. The molecule has 6 heteroatoms. The summed E-state index contributed by atoms with van der Waals surface area (Å²) in [6, 6.07) is 7.75. The summed E-state index contributed by atoms with van der Waals surface area (Å²) in [4.78, 5) is 16.7. The number of carbonyl (C=O) groups is 1. The molecule has 0 fully saturated rings. The van der Waals surface area contributed by atoms with Gasteiger partial charge in [0.1, 0.15) is 10.7 Å². The molecule has 1 N–H and O–H groups in total.